The van der Waals surface area contributed by atoms with Gasteiger partial charge in [0.2, 0.25) is 0 Å². The van der Waals surface area contributed by atoms with E-state index in [1.807, 2.05) is 0 Å². The largest absolute Gasteiger partial charge is 0.462 e. The van der Waals surface area contributed by atoms with E-state index in [2.05, 4.69) is 69.4 Å². The lowest BCUT2D eigenvalue weighted by Gasteiger charge is -2.18. The van der Waals surface area contributed by atoms with Crippen LogP contribution in [0.2, 0.25) is 0 Å². The van der Waals surface area contributed by atoms with Gasteiger partial charge in [-0.1, -0.05) is 320 Å². The summed E-state index contributed by atoms with van der Waals surface area (Å²) < 4.78 is 16.8. The molecule has 78 heavy (non-hydrogen) atoms. The maximum atomic E-state index is 12.9. The molecule has 0 aliphatic carbocycles. The number of esters is 3. The topological polar surface area (TPSA) is 78.9 Å². The van der Waals surface area contributed by atoms with Gasteiger partial charge in [0.15, 0.2) is 6.10 Å². The smallest absolute Gasteiger partial charge is 0.306 e. The van der Waals surface area contributed by atoms with Gasteiger partial charge in [0.05, 0.1) is 0 Å². The summed E-state index contributed by atoms with van der Waals surface area (Å²) in [7, 11) is 0. The Kier molecular flexibility index (Phi) is 64.6. The molecule has 0 saturated carbocycles. The predicted octanol–water partition coefficient (Wildman–Crippen LogP) is 23.7. The zero-order chi connectivity index (χ0) is 56.4. The average Bonchev–Trinajstić information content (AvgIpc) is 3.44. The Labute approximate surface area is 486 Å². The highest BCUT2D eigenvalue weighted by atomic mass is 16.6. The van der Waals surface area contributed by atoms with Crippen molar-refractivity contribution in [2.24, 2.45) is 0 Å². The number of carbonyl (C=O) groups is 3. The van der Waals surface area contributed by atoms with Crippen molar-refractivity contribution in [1.82, 2.24) is 0 Å². The van der Waals surface area contributed by atoms with E-state index in [9.17, 15) is 14.4 Å². The van der Waals surface area contributed by atoms with Crippen molar-refractivity contribution in [1.29, 1.82) is 0 Å². The van der Waals surface area contributed by atoms with E-state index in [4.69, 9.17) is 14.2 Å². The van der Waals surface area contributed by atoms with E-state index in [1.165, 1.54) is 263 Å². The SMILES string of the molecule is CCCCCCC/C=C\C/C=C\C/C=C\CCCCCCCCCCCCCCCCCCCCC(=O)OCC(COC(=O)CCCCCCCC)OC(=O)CCCCCCCCCCC/C=C\CCCCCCCCCC. The first-order chi connectivity index (χ1) is 38.5. The lowest BCUT2D eigenvalue weighted by molar-refractivity contribution is -0.167. The van der Waals surface area contributed by atoms with Crippen molar-refractivity contribution in [3.63, 3.8) is 0 Å². The molecule has 0 spiro atoms. The molecule has 0 amide bonds. The predicted molar refractivity (Wildman–Crippen MR) is 339 cm³/mol. The van der Waals surface area contributed by atoms with Crippen LogP contribution in [0.15, 0.2) is 48.6 Å². The van der Waals surface area contributed by atoms with Crippen LogP contribution in [0.1, 0.15) is 374 Å². The highest BCUT2D eigenvalue weighted by Gasteiger charge is 2.19. The first kappa shape index (κ1) is 75.4. The van der Waals surface area contributed by atoms with Crippen LogP contribution in [0.25, 0.3) is 0 Å². The van der Waals surface area contributed by atoms with Gasteiger partial charge < -0.3 is 14.2 Å². The molecule has 0 aromatic rings. The molecular weight excluding hydrogens is 961 g/mol. The molecule has 0 aliphatic rings. The number of ether oxygens (including phenoxy) is 3. The molecule has 6 nitrogen and oxygen atoms in total. The van der Waals surface area contributed by atoms with Gasteiger partial charge in [0.25, 0.3) is 0 Å². The van der Waals surface area contributed by atoms with Crippen LogP contribution >= 0.6 is 0 Å². The second kappa shape index (κ2) is 66.9. The van der Waals surface area contributed by atoms with E-state index in [0.717, 1.165) is 70.6 Å². The van der Waals surface area contributed by atoms with E-state index in [1.54, 1.807) is 0 Å². The third-order valence-corrected chi connectivity index (χ3v) is 15.6. The van der Waals surface area contributed by atoms with Crippen molar-refractivity contribution < 1.29 is 28.6 Å². The first-order valence-electron chi connectivity index (χ1n) is 34.6. The van der Waals surface area contributed by atoms with Gasteiger partial charge in [-0.05, 0) is 83.5 Å². The monoisotopic (exact) mass is 1090 g/mol. The van der Waals surface area contributed by atoms with E-state index in [0.29, 0.717) is 19.3 Å². The quantitative estimate of drug-likeness (QED) is 0.0261. The van der Waals surface area contributed by atoms with Gasteiger partial charge in [0.1, 0.15) is 13.2 Å². The summed E-state index contributed by atoms with van der Waals surface area (Å²) in [6.07, 6.45) is 84.7. The van der Waals surface area contributed by atoms with Crippen LogP contribution in [-0.4, -0.2) is 37.2 Å². The van der Waals surface area contributed by atoms with Gasteiger partial charge in [-0.25, -0.2) is 0 Å². The number of unbranched alkanes of at least 4 members (excludes halogenated alkanes) is 45. The fourth-order valence-corrected chi connectivity index (χ4v) is 10.3. The highest BCUT2D eigenvalue weighted by Crippen LogP contribution is 2.18. The Hall–Kier alpha value is -2.63. The maximum absolute atomic E-state index is 12.9. The minimum atomic E-state index is -0.769. The number of hydrogen-bond acceptors (Lipinski definition) is 6. The van der Waals surface area contributed by atoms with Crippen LogP contribution in [-0.2, 0) is 28.6 Å². The number of hydrogen-bond donors (Lipinski definition) is 0. The minimum absolute atomic E-state index is 0.0694. The number of rotatable bonds is 64. The van der Waals surface area contributed by atoms with Crippen molar-refractivity contribution in [2.75, 3.05) is 13.2 Å². The first-order valence-corrected chi connectivity index (χ1v) is 34.6. The third kappa shape index (κ3) is 64.2. The van der Waals surface area contributed by atoms with E-state index < -0.39 is 6.10 Å². The molecule has 0 aromatic carbocycles. The molecule has 0 aromatic heterocycles. The molecule has 456 valence electrons. The second-order valence-corrected chi connectivity index (χ2v) is 23.4. The minimum Gasteiger partial charge on any atom is -0.462 e. The van der Waals surface area contributed by atoms with Crippen LogP contribution in [0.4, 0.5) is 0 Å². The maximum Gasteiger partial charge on any atom is 0.306 e. The van der Waals surface area contributed by atoms with Crippen molar-refractivity contribution in [3.8, 4) is 0 Å². The lowest BCUT2D eigenvalue weighted by Crippen LogP contribution is -2.30. The fraction of sp³-hybridized carbons (Fsp3) is 0.847. The molecule has 1 unspecified atom stereocenters. The Morgan fingerprint density at radius 3 is 0.731 bits per heavy atom. The Morgan fingerprint density at radius 1 is 0.256 bits per heavy atom. The summed E-state index contributed by atoms with van der Waals surface area (Å²) in [4.78, 5) is 38.1. The Balaban J connectivity index is 3.97. The zero-order valence-corrected chi connectivity index (χ0v) is 52.5. The third-order valence-electron chi connectivity index (χ3n) is 15.6. The molecular formula is C72H132O6. The van der Waals surface area contributed by atoms with Gasteiger partial charge in [-0.2, -0.15) is 0 Å². The molecule has 0 saturated heterocycles. The van der Waals surface area contributed by atoms with Gasteiger partial charge in [-0.3, -0.25) is 14.4 Å². The second-order valence-electron chi connectivity index (χ2n) is 23.4. The van der Waals surface area contributed by atoms with Gasteiger partial charge in [0, 0.05) is 19.3 Å². The van der Waals surface area contributed by atoms with Crippen molar-refractivity contribution in [3.05, 3.63) is 48.6 Å². The Bertz CT molecular complexity index is 1350. The fourth-order valence-electron chi connectivity index (χ4n) is 10.3. The summed E-state index contributed by atoms with van der Waals surface area (Å²) >= 11 is 0. The number of carbonyl (C=O) groups excluding carboxylic acids is 3. The summed E-state index contributed by atoms with van der Waals surface area (Å²) in [5.74, 6) is -0.860. The van der Waals surface area contributed by atoms with Gasteiger partial charge >= 0.3 is 17.9 Å². The molecule has 0 bridgehead atoms. The molecule has 6 heteroatoms. The number of allylic oxidation sites excluding steroid dienone is 8. The van der Waals surface area contributed by atoms with Crippen molar-refractivity contribution in [2.45, 2.75) is 380 Å². The summed E-state index contributed by atoms with van der Waals surface area (Å²) in [6, 6.07) is 0. The van der Waals surface area contributed by atoms with E-state index >= 15 is 0 Å². The van der Waals surface area contributed by atoms with Gasteiger partial charge in [-0.15, -0.1) is 0 Å². The standard InChI is InChI=1S/C72H132O6/c1-4-7-10-13-16-18-20-22-24-26-28-30-31-32-33-34-35-36-37-38-39-40-41-43-44-46-48-50-52-54-56-59-62-65-71(74)77-68-69(67-76-70(73)64-61-58-15-12-9-6-3)78-72(75)66-63-60-57-55-53-51-49-47-45-42-29-27-25-23-21-19-17-14-11-8-5-2/h20,22,26-29,31-32,69H,4-19,21,23-25,30,33-68H2,1-3H3/b22-20-,28-26-,29-27-,32-31-. The molecule has 0 rings (SSSR count). The summed E-state index contributed by atoms with van der Waals surface area (Å²) in [6.45, 7) is 6.62. The lowest BCUT2D eigenvalue weighted by atomic mass is 10.0. The molecule has 0 fully saturated rings. The summed E-state index contributed by atoms with van der Waals surface area (Å²) in [5.41, 5.74) is 0. The van der Waals surface area contributed by atoms with Crippen LogP contribution in [0.3, 0.4) is 0 Å². The molecule has 0 radical (unpaired) electrons. The van der Waals surface area contributed by atoms with E-state index in [-0.39, 0.29) is 31.1 Å². The summed E-state index contributed by atoms with van der Waals surface area (Å²) in [5, 5.41) is 0. The molecule has 0 aliphatic heterocycles. The van der Waals surface area contributed by atoms with Crippen molar-refractivity contribution >= 4 is 17.9 Å². The molecule has 1 atom stereocenters. The van der Waals surface area contributed by atoms with Crippen LogP contribution in [0.5, 0.6) is 0 Å². The normalized spacial score (nSPS) is 12.3. The van der Waals surface area contributed by atoms with Crippen LogP contribution < -0.4 is 0 Å². The highest BCUT2D eigenvalue weighted by molar-refractivity contribution is 5.71. The molecule has 0 N–H and O–H groups in total. The average molecular weight is 1090 g/mol. The van der Waals surface area contributed by atoms with Crippen LogP contribution in [0, 0.1) is 0 Å². The zero-order valence-electron chi connectivity index (χ0n) is 52.5. The molecule has 0 heterocycles. The Morgan fingerprint density at radius 2 is 0.462 bits per heavy atom.